The number of ether oxygens (including phenoxy) is 1. The third-order valence-corrected chi connectivity index (χ3v) is 2.58. The Balaban J connectivity index is 2.66. The fourth-order valence-corrected chi connectivity index (χ4v) is 1.57. The molecule has 0 unspecified atom stereocenters. The van der Waals surface area contributed by atoms with E-state index in [0.717, 1.165) is 26.6 Å². The smallest absolute Gasteiger partial charge is 0.340 e. The average molecular weight is 272 g/mol. The molecule has 1 aromatic carbocycles. The van der Waals surface area contributed by atoms with Crippen LogP contribution in [0.5, 0.6) is 0 Å². The summed E-state index contributed by atoms with van der Waals surface area (Å²) in [7, 11) is 1.12. The Morgan fingerprint density at radius 2 is 2.00 bits per heavy atom. The topological polar surface area (TPSA) is 50.4 Å². The molecule has 4 nitrogen and oxygen atoms in total. The number of hydrogen-bond acceptors (Lipinski definition) is 4. The zero-order valence-corrected chi connectivity index (χ0v) is 11.1. The van der Waals surface area contributed by atoms with E-state index in [9.17, 15) is 13.6 Å². The Bertz CT molecular complexity index is 439. The molecule has 0 radical (unpaired) electrons. The molecule has 6 heteroatoms. The van der Waals surface area contributed by atoms with Gasteiger partial charge < -0.3 is 15.4 Å². The van der Waals surface area contributed by atoms with E-state index >= 15 is 0 Å². The van der Waals surface area contributed by atoms with E-state index in [1.807, 2.05) is 6.92 Å². The molecule has 0 aliphatic rings. The van der Waals surface area contributed by atoms with Gasteiger partial charge in [0.05, 0.1) is 18.4 Å². The fourth-order valence-electron chi connectivity index (χ4n) is 1.57. The number of halogens is 2. The van der Waals surface area contributed by atoms with Crippen molar-refractivity contribution in [3.63, 3.8) is 0 Å². The Morgan fingerprint density at radius 1 is 1.26 bits per heavy atom. The summed E-state index contributed by atoms with van der Waals surface area (Å²) >= 11 is 0. The van der Waals surface area contributed by atoms with Crippen molar-refractivity contribution in [2.75, 3.05) is 32.1 Å². The highest BCUT2D eigenvalue weighted by molar-refractivity contribution is 5.90. The predicted octanol–water partition coefficient (Wildman–Crippen LogP) is 2.16. The minimum atomic E-state index is -1.19. The Morgan fingerprint density at radius 3 is 2.63 bits per heavy atom. The average Bonchev–Trinajstić information content (AvgIpc) is 2.42. The summed E-state index contributed by atoms with van der Waals surface area (Å²) in [4.78, 5) is 11.2. The van der Waals surface area contributed by atoms with E-state index < -0.39 is 23.2 Å². The first-order valence-electron chi connectivity index (χ1n) is 6.12. The molecule has 0 saturated heterocycles. The molecule has 2 N–H and O–H groups in total. The quantitative estimate of drug-likeness (QED) is 0.590. The summed E-state index contributed by atoms with van der Waals surface area (Å²) in [6.07, 6.45) is 0.785. The van der Waals surface area contributed by atoms with Crippen molar-refractivity contribution in [3.05, 3.63) is 29.3 Å². The summed E-state index contributed by atoms with van der Waals surface area (Å²) in [5, 5.41) is 5.91. The van der Waals surface area contributed by atoms with E-state index in [1.165, 1.54) is 12.1 Å². The normalized spacial score (nSPS) is 10.3. The highest BCUT2D eigenvalue weighted by Crippen LogP contribution is 2.21. The van der Waals surface area contributed by atoms with Crippen LogP contribution in [0.3, 0.4) is 0 Å². The molecule has 0 aromatic heterocycles. The maximum Gasteiger partial charge on any atom is 0.340 e. The molecule has 19 heavy (non-hydrogen) atoms. The Kier molecular flexibility index (Phi) is 6.21. The largest absolute Gasteiger partial charge is 0.465 e. The minimum absolute atomic E-state index is 0.0432. The van der Waals surface area contributed by atoms with Crippen LogP contribution in [-0.2, 0) is 4.74 Å². The van der Waals surface area contributed by atoms with Crippen molar-refractivity contribution in [3.8, 4) is 0 Å². The van der Waals surface area contributed by atoms with E-state index in [4.69, 9.17) is 0 Å². The second kappa shape index (κ2) is 7.68. The first-order chi connectivity index (χ1) is 9.11. The van der Waals surface area contributed by atoms with Gasteiger partial charge in [0.15, 0.2) is 11.6 Å². The zero-order chi connectivity index (χ0) is 14.3. The van der Waals surface area contributed by atoms with Gasteiger partial charge in [-0.1, -0.05) is 6.92 Å². The van der Waals surface area contributed by atoms with Gasteiger partial charge in [0.1, 0.15) is 0 Å². The highest BCUT2D eigenvalue weighted by Gasteiger charge is 2.18. The highest BCUT2D eigenvalue weighted by atomic mass is 19.2. The molecule has 1 rings (SSSR count). The van der Waals surface area contributed by atoms with Crippen molar-refractivity contribution in [2.45, 2.75) is 13.3 Å². The van der Waals surface area contributed by atoms with Crippen LogP contribution in [0.1, 0.15) is 23.7 Å². The lowest BCUT2D eigenvalue weighted by Crippen LogP contribution is -2.17. The molecule has 0 aliphatic heterocycles. The molecule has 0 bridgehead atoms. The van der Waals surface area contributed by atoms with Crippen LogP contribution in [0.25, 0.3) is 0 Å². The number of hydrogen-bond donors (Lipinski definition) is 2. The molecule has 106 valence electrons. The van der Waals surface area contributed by atoms with Crippen LogP contribution >= 0.6 is 0 Å². The van der Waals surface area contributed by atoms with Crippen molar-refractivity contribution in [1.82, 2.24) is 5.32 Å². The summed E-state index contributed by atoms with van der Waals surface area (Å²) in [6.45, 7) is 4.18. The lowest BCUT2D eigenvalue weighted by molar-refractivity contribution is 0.0594. The van der Waals surface area contributed by atoms with Crippen LogP contribution in [0.4, 0.5) is 14.5 Å². The molecule has 0 heterocycles. The number of benzene rings is 1. The number of carbonyl (C=O) groups is 1. The van der Waals surface area contributed by atoms with Gasteiger partial charge in [-0.3, -0.25) is 0 Å². The van der Waals surface area contributed by atoms with Crippen molar-refractivity contribution < 1.29 is 18.3 Å². The van der Waals surface area contributed by atoms with Crippen LogP contribution in [0.15, 0.2) is 12.1 Å². The third-order valence-electron chi connectivity index (χ3n) is 2.58. The fraction of sp³-hybridized carbons (Fsp3) is 0.462. The Hall–Kier alpha value is -1.69. The molecule has 1 aromatic rings. The van der Waals surface area contributed by atoms with Crippen LogP contribution in [0.2, 0.25) is 0 Å². The van der Waals surface area contributed by atoms with Gasteiger partial charge in [-0.05, 0) is 31.6 Å². The predicted molar refractivity (Wildman–Crippen MR) is 69.3 cm³/mol. The van der Waals surface area contributed by atoms with E-state index in [1.54, 1.807) is 0 Å². The van der Waals surface area contributed by atoms with Gasteiger partial charge >= 0.3 is 5.97 Å². The van der Waals surface area contributed by atoms with Crippen LogP contribution < -0.4 is 10.6 Å². The molecular formula is C13H18F2N2O2. The van der Waals surface area contributed by atoms with Crippen molar-refractivity contribution >= 4 is 11.7 Å². The molecule has 0 amide bonds. The molecule has 0 fully saturated rings. The number of anilines is 1. The standard InChI is InChI=1S/C13H18F2N2O2/c1-3-16-7-4-8-17-10-6-5-9(13(18)19-2)11(14)12(10)15/h5-6,16-17H,3-4,7-8H2,1-2H3. The number of nitrogens with one attached hydrogen (secondary N) is 2. The van der Waals surface area contributed by atoms with Gasteiger partial charge in [-0.15, -0.1) is 0 Å². The number of carbonyl (C=O) groups excluding carboxylic acids is 1. The maximum absolute atomic E-state index is 13.7. The van der Waals surface area contributed by atoms with Crippen molar-refractivity contribution in [2.24, 2.45) is 0 Å². The molecule has 0 atom stereocenters. The molecular weight excluding hydrogens is 254 g/mol. The summed E-state index contributed by atoms with van der Waals surface area (Å²) in [5.74, 6) is -3.15. The van der Waals surface area contributed by atoms with E-state index in [-0.39, 0.29) is 5.69 Å². The van der Waals surface area contributed by atoms with Gasteiger partial charge in [0, 0.05) is 6.54 Å². The minimum Gasteiger partial charge on any atom is -0.465 e. The van der Waals surface area contributed by atoms with E-state index in [2.05, 4.69) is 15.4 Å². The van der Waals surface area contributed by atoms with Crippen molar-refractivity contribution in [1.29, 1.82) is 0 Å². The van der Waals surface area contributed by atoms with Gasteiger partial charge in [-0.2, -0.15) is 0 Å². The first kappa shape index (κ1) is 15.4. The SMILES string of the molecule is CCNCCCNc1ccc(C(=O)OC)c(F)c1F. The van der Waals surface area contributed by atoms with E-state index in [0.29, 0.717) is 6.54 Å². The van der Waals surface area contributed by atoms with Crippen LogP contribution in [-0.4, -0.2) is 32.7 Å². The van der Waals surface area contributed by atoms with Crippen LogP contribution in [0, 0.1) is 11.6 Å². The number of rotatable bonds is 7. The third kappa shape index (κ3) is 4.17. The summed E-state index contributed by atoms with van der Waals surface area (Å²) in [6, 6.07) is 2.54. The molecule has 0 aliphatic carbocycles. The first-order valence-corrected chi connectivity index (χ1v) is 6.12. The monoisotopic (exact) mass is 272 g/mol. The maximum atomic E-state index is 13.7. The van der Waals surface area contributed by atoms with Gasteiger partial charge in [0.2, 0.25) is 0 Å². The zero-order valence-electron chi connectivity index (χ0n) is 11.1. The lowest BCUT2D eigenvalue weighted by atomic mass is 10.1. The summed E-state index contributed by atoms with van der Waals surface area (Å²) < 4.78 is 31.6. The molecule has 0 spiro atoms. The number of methoxy groups -OCH3 is 1. The molecule has 0 saturated carbocycles. The van der Waals surface area contributed by atoms with Gasteiger partial charge in [0.25, 0.3) is 0 Å². The van der Waals surface area contributed by atoms with Gasteiger partial charge in [-0.25, -0.2) is 13.6 Å². The number of esters is 1. The second-order valence-corrected chi connectivity index (χ2v) is 3.91. The summed E-state index contributed by atoms with van der Waals surface area (Å²) in [5.41, 5.74) is -0.361. The Labute approximate surface area is 111 Å². The second-order valence-electron chi connectivity index (χ2n) is 3.91. The lowest BCUT2D eigenvalue weighted by Gasteiger charge is -2.10.